The SMILES string of the molecule is C[C@@H](O)[C@@H](O)C[C@@]1(C)CC(=O)C=C2C1CC[C@]1(C)[C@@H]([C@@](C)(O)[C@H](O)CCC(C)(C)O)CC[C@@]21O. The molecule has 6 N–H and O–H groups in total. The number of hydrogen-bond donors (Lipinski definition) is 6. The first-order valence-corrected chi connectivity index (χ1v) is 12.8. The number of ketones is 1. The molecule has 7 nitrogen and oxygen atoms in total. The van der Waals surface area contributed by atoms with Gasteiger partial charge in [-0.3, -0.25) is 4.79 Å². The largest absolute Gasteiger partial charge is 0.391 e. The first-order valence-electron chi connectivity index (χ1n) is 12.8. The molecule has 0 heterocycles. The Morgan fingerprint density at radius 3 is 2.26 bits per heavy atom. The van der Waals surface area contributed by atoms with Gasteiger partial charge in [-0.05, 0) is 102 Å². The standard InChI is InChI=1S/C27H46O7/c1-16(28)20(30)15-24(4)14-17(29)13-19-18(24)7-11-25(5)21(8-12-27(19,25)34)26(6,33)22(31)9-10-23(2,3)32/h13,16,18,20-22,28,30-34H,7-12,14-15H2,1-6H3/t16-,18?,20+,21+,22-,24-,25-,26-,27-/m1/s1. The number of hydrogen-bond acceptors (Lipinski definition) is 7. The van der Waals surface area contributed by atoms with Crippen LogP contribution in [0.2, 0.25) is 0 Å². The molecule has 0 aromatic carbocycles. The maximum Gasteiger partial charge on any atom is 0.156 e. The Kier molecular flexibility index (Phi) is 7.29. The summed E-state index contributed by atoms with van der Waals surface area (Å²) in [6.07, 6.45) is 1.94. The lowest BCUT2D eigenvalue weighted by atomic mass is 9.49. The van der Waals surface area contributed by atoms with Crippen LogP contribution in [0.5, 0.6) is 0 Å². The fourth-order valence-electron chi connectivity index (χ4n) is 7.49. The summed E-state index contributed by atoms with van der Waals surface area (Å²) >= 11 is 0. The van der Waals surface area contributed by atoms with Crippen LogP contribution in [0.25, 0.3) is 0 Å². The molecule has 3 aliphatic rings. The van der Waals surface area contributed by atoms with Gasteiger partial charge in [0.25, 0.3) is 0 Å². The number of allylic oxidation sites excluding steroid dienone is 1. The van der Waals surface area contributed by atoms with E-state index in [4.69, 9.17) is 0 Å². The maximum absolute atomic E-state index is 12.8. The first kappa shape index (κ1) is 27.8. The number of aliphatic hydroxyl groups excluding tert-OH is 3. The van der Waals surface area contributed by atoms with Crippen LogP contribution >= 0.6 is 0 Å². The van der Waals surface area contributed by atoms with Crippen LogP contribution in [0, 0.1) is 22.7 Å². The predicted octanol–water partition coefficient (Wildman–Crippen LogP) is 2.24. The quantitative estimate of drug-likeness (QED) is 0.312. The zero-order valence-corrected chi connectivity index (χ0v) is 21.7. The Hall–Kier alpha value is -0.830. The van der Waals surface area contributed by atoms with Crippen LogP contribution in [0.3, 0.4) is 0 Å². The molecule has 9 atom stereocenters. The zero-order chi connectivity index (χ0) is 25.9. The molecular weight excluding hydrogens is 436 g/mol. The van der Waals surface area contributed by atoms with Crippen molar-refractivity contribution in [1.29, 1.82) is 0 Å². The van der Waals surface area contributed by atoms with E-state index in [1.807, 2.05) is 13.8 Å². The van der Waals surface area contributed by atoms with Crippen molar-refractivity contribution in [3.8, 4) is 0 Å². The summed E-state index contributed by atoms with van der Waals surface area (Å²) in [5, 5.41) is 65.0. The van der Waals surface area contributed by atoms with Gasteiger partial charge in [-0.15, -0.1) is 0 Å². The van der Waals surface area contributed by atoms with Crippen LogP contribution in [-0.2, 0) is 4.79 Å². The van der Waals surface area contributed by atoms with Crippen molar-refractivity contribution >= 4 is 5.78 Å². The molecule has 0 aromatic rings. The molecule has 7 heteroatoms. The molecule has 196 valence electrons. The third kappa shape index (κ3) is 4.64. The maximum atomic E-state index is 12.8. The van der Waals surface area contributed by atoms with E-state index in [2.05, 4.69) is 0 Å². The van der Waals surface area contributed by atoms with Crippen molar-refractivity contribution in [2.24, 2.45) is 22.7 Å². The Bertz CT molecular complexity index is 812. The zero-order valence-electron chi connectivity index (χ0n) is 21.7. The highest BCUT2D eigenvalue weighted by atomic mass is 16.3. The van der Waals surface area contributed by atoms with Crippen LogP contribution in [-0.4, -0.2) is 71.5 Å². The summed E-state index contributed by atoms with van der Waals surface area (Å²) in [6.45, 7) is 10.4. The average molecular weight is 483 g/mol. The Morgan fingerprint density at radius 1 is 1.09 bits per heavy atom. The lowest BCUT2D eigenvalue weighted by Crippen LogP contribution is -2.60. The second-order valence-corrected chi connectivity index (χ2v) is 13.0. The summed E-state index contributed by atoms with van der Waals surface area (Å²) in [5.74, 6) is -0.597. The Morgan fingerprint density at radius 2 is 1.71 bits per heavy atom. The highest BCUT2D eigenvalue weighted by molar-refractivity contribution is 5.92. The number of rotatable bonds is 8. The van der Waals surface area contributed by atoms with Crippen LogP contribution < -0.4 is 0 Å². The molecule has 0 saturated heterocycles. The van der Waals surface area contributed by atoms with E-state index in [1.54, 1.807) is 26.8 Å². The Labute approximate surface area is 203 Å². The molecular formula is C27H46O7. The van der Waals surface area contributed by atoms with Crippen molar-refractivity contribution in [1.82, 2.24) is 0 Å². The topological polar surface area (TPSA) is 138 Å². The number of aliphatic hydroxyl groups is 6. The van der Waals surface area contributed by atoms with Gasteiger partial charge in [-0.2, -0.15) is 0 Å². The smallest absolute Gasteiger partial charge is 0.156 e. The molecule has 3 rings (SSSR count). The highest BCUT2D eigenvalue weighted by Gasteiger charge is 2.67. The second-order valence-electron chi connectivity index (χ2n) is 13.0. The lowest BCUT2D eigenvalue weighted by molar-refractivity contribution is -0.169. The summed E-state index contributed by atoms with van der Waals surface area (Å²) in [5.41, 5.74) is -4.36. The third-order valence-corrected chi connectivity index (χ3v) is 9.69. The molecule has 0 radical (unpaired) electrons. The fourth-order valence-corrected chi connectivity index (χ4v) is 7.49. The number of fused-ring (bicyclic) bond motifs is 3. The van der Waals surface area contributed by atoms with Gasteiger partial charge in [-0.25, -0.2) is 0 Å². The number of carbonyl (C=O) groups excluding carboxylic acids is 1. The number of carbonyl (C=O) groups is 1. The van der Waals surface area contributed by atoms with Gasteiger partial charge >= 0.3 is 0 Å². The van der Waals surface area contributed by atoms with Gasteiger partial charge in [0, 0.05) is 11.8 Å². The molecule has 34 heavy (non-hydrogen) atoms. The van der Waals surface area contributed by atoms with E-state index in [0.29, 0.717) is 37.7 Å². The summed E-state index contributed by atoms with van der Waals surface area (Å²) in [4.78, 5) is 12.8. The monoisotopic (exact) mass is 482 g/mol. The molecule has 2 fully saturated rings. The van der Waals surface area contributed by atoms with E-state index in [1.165, 1.54) is 6.92 Å². The molecule has 0 spiro atoms. The van der Waals surface area contributed by atoms with Gasteiger partial charge in [0.05, 0.1) is 35.1 Å². The van der Waals surface area contributed by atoms with Gasteiger partial charge in [-0.1, -0.05) is 13.8 Å². The van der Waals surface area contributed by atoms with E-state index < -0.39 is 51.9 Å². The molecule has 3 aliphatic carbocycles. The minimum atomic E-state index is -1.47. The van der Waals surface area contributed by atoms with Crippen molar-refractivity contribution in [2.45, 2.75) is 128 Å². The average Bonchev–Trinajstić information content (AvgIpc) is 2.97. The van der Waals surface area contributed by atoms with Gasteiger partial charge in [0.15, 0.2) is 5.78 Å². The van der Waals surface area contributed by atoms with E-state index in [9.17, 15) is 35.4 Å². The molecule has 0 amide bonds. The molecule has 2 saturated carbocycles. The van der Waals surface area contributed by atoms with E-state index in [-0.39, 0.29) is 31.0 Å². The van der Waals surface area contributed by atoms with E-state index in [0.717, 1.165) is 0 Å². The van der Waals surface area contributed by atoms with Gasteiger partial charge < -0.3 is 30.6 Å². The summed E-state index contributed by atoms with van der Waals surface area (Å²) in [6, 6.07) is 0. The Balaban J connectivity index is 1.92. The highest BCUT2D eigenvalue weighted by Crippen LogP contribution is 2.67. The fraction of sp³-hybridized carbons (Fsp3) is 0.889. The second kappa shape index (κ2) is 8.93. The van der Waals surface area contributed by atoms with Crippen molar-refractivity contribution in [2.75, 3.05) is 0 Å². The predicted molar refractivity (Wildman–Crippen MR) is 129 cm³/mol. The van der Waals surface area contributed by atoms with Crippen LogP contribution in [0.15, 0.2) is 11.6 Å². The van der Waals surface area contributed by atoms with Gasteiger partial charge in [0.2, 0.25) is 0 Å². The molecule has 0 aliphatic heterocycles. The molecule has 0 aromatic heterocycles. The van der Waals surface area contributed by atoms with Crippen molar-refractivity contribution in [3.05, 3.63) is 11.6 Å². The minimum absolute atomic E-state index is 0.0929. The van der Waals surface area contributed by atoms with Crippen LogP contribution in [0.1, 0.15) is 92.9 Å². The normalized spacial score (nSPS) is 40.6. The van der Waals surface area contributed by atoms with Crippen molar-refractivity contribution in [3.63, 3.8) is 0 Å². The molecule has 1 unspecified atom stereocenters. The van der Waals surface area contributed by atoms with Crippen molar-refractivity contribution < 1.29 is 35.4 Å². The van der Waals surface area contributed by atoms with Gasteiger partial charge in [0.1, 0.15) is 0 Å². The summed E-state index contributed by atoms with van der Waals surface area (Å²) in [7, 11) is 0. The first-order chi connectivity index (χ1) is 15.4. The van der Waals surface area contributed by atoms with Crippen LogP contribution in [0.4, 0.5) is 0 Å². The minimum Gasteiger partial charge on any atom is -0.391 e. The lowest BCUT2D eigenvalue weighted by Gasteiger charge is -2.58. The summed E-state index contributed by atoms with van der Waals surface area (Å²) < 4.78 is 0. The van der Waals surface area contributed by atoms with E-state index >= 15 is 0 Å². The third-order valence-electron chi connectivity index (χ3n) is 9.69. The molecule has 0 bridgehead atoms.